The average Bonchev–Trinajstić information content (AvgIpc) is 2.94. The van der Waals surface area contributed by atoms with Crippen molar-refractivity contribution in [3.05, 3.63) is 53.1 Å². The van der Waals surface area contributed by atoms with Crippen LogP contribution in [0.4, 0.5) is 0 Å². The summed E-state index contributed by atoms with van der Waals surface area (Å²) in [6.45, 7) is 0. The molecule has 4 rings (SSSR count). The number of ketones is 1. The minimum atomic E-state index is 0.288. The normalized spacial score (nSPS) is 26.1. The van der Waals surface area contributed by atoms with Gasteiger partial charge in [0.15, 0.2) is 5.78 Å². The summed E-state index contributed by atoms with van der Waals surface area (Å²) >= 11 is 0. The number of carbonyl (C=O) groups excluding carboxylic acids is 1. The fourth-order valence-electron chi connectivity index (χ4n) is 4.66. The maximum atomic E-state index is 13.1. The lowest BCUT2D eigenvalue weighted by atomic mass is 9.77. The Bertz CT molecular complexity index is 629. The summed E-state index contributed by atoms with van der Waals surface area (Å²) in [5, 5.41) is 0. The second kappa shape index (κ2) is 5.87. The third-order valence-electron chi connectivity index (χ3n) is 5.77. The van der Waals surface area contributed by atoms with Crippen LogP contribution in [0.2, 0.25) is 0 Å². The van der Waals surface area contributed by atoms with Crippen LogP contribution in [0.5, 0.6) is 0 Å². The van der Waals surface area contributed by atoms with E-state index in [9.17, 15) is 4.79 Å². The topological polar surface area (TPSA) is 17.1 Å². The first-order chi connectivity index (χ1) is 10.8. The zero-order chi connectivity index (χ0) is 14.9. The van der Waals surface area contributed by atoms with E-state index in [2.05, 4.69) is 30.3 Å². The maximum absolute atomic E-state index is 13.1. The molecule has 0 aromatic heterocycles. The number of hydrogen-bond acceptors (Lipinski definition) is 1. The fraction of sp³-hybridized carbons (Fsp3) is 0.476. The highest BCUT2D eigenvalue weighted by molar-refractivity contribution is 6.14. The quantitative estimate of drug-likeness (QED) is 0.720. The average molecular weight is 292 g/mol. The van der Waals surface area contributed by atoms with E-state index >= 15 is 0 Å². The van der Waals surface area contributed by atoms with Gasteiger partial charge < -0.3 is 0 Å². The summed E-state index contributed by atoms with van der Waals surface area (Å²) in [7, 11) is 0. The van der Waals surface area contributed by atoms with Gasteiger partial charge in [-0.15, -0.1) is 0 Å². The van der Waals surface area contributed by atoms with E-state index in [4.69, 9.17) is 0 Å². The minimum Gasteiger partial charge on any atom is -0.294 e. The molecular weight excluding hydrogens is 268 g/mol. The summed E-state index contributed by atoms with van der Waals surface area (Å²) in [5.41, 5.74) is 4.97. The van der Waals surface area contributed by atoms with Gasteiger partial charge >= 0.3 is 0 Å². The maximum Gasteiger partial charge on any atom is 0.167 e. The van der Waals surface area contributed by atoms with Crippen LogP contribution in [0.3, 0.4) is 0 Å². The second-order valence-corrected chi connectivity index (χ2v) is 7.07. The van der Waals surface area contributed by atoms with Gasteiger partial charge in [0.2, 0.25) is 0 Å². The van der Waals surface area contributed by atoms with Gasteiger partial charge in [0.25, 0.3) is 0 Å². The van der Waals surface area contributed by atoms with Crippen LogP contribution in [0.15, 0.2) is 47.6 Å². The third-order valence-corrected chi connectivity index (χ3v) is 5.77. The molecule has 0 amide bonds. The van der Waals surface area contributed by atoms with Gasteiger partial charge in [0.1, 0.15) is 0 Å². The van der Waals surface area contributed by atoms with Crippen LogP contribution >= 0.6 is 0 Å². The van der Waals surface area contributed by atoms with E-state index < -0.39 is 0 Å². The van der Waals surface area contributed by atoms with E-state index in [1.807, 2.05) is 6.07 Å². The van der Waals surface area contributed by atoms with Crippen molar-refractivity contribution in [1.82, 2.24) is 0 Å². The highest BCUT2D eigenvalue weighted by Gasteiger charge is 2.40. The smallest absolute Gasteiger partial charge is 0.167 e. The van der Waals surface area contributed by atoms with E-state index in [1.54, 1.807) is 0 Å². The van der Waals surface area contributed by atoms with Crippen molar-refractivity contribution in [2.75, 3.05) is 0 Å². The van der Waals surface area contributed by atoms with Crippen LogP contribution in [-0.2, 0) is 4.79 Å². The van der Waals surface area contributed by atoms with Crippen LogP contribution in [-0.4, -0.2) is 5.78 Å². The zero-order valence-electron chi connectivity index (χ0n) is 13.2. The van der Waals surface area contributed by atoms with E-state index in [0.717, 1.165) is 24.8 Å². The van der Waals surface area contributed by atoms with Gasteiger partial charge in [-0.2, -0.15) is 0 Å². The predicted molar refractivity (Wildman–Crippen MR) is 90.4 cm³/mol. The molecule has 3 aliphatic rings. The molecule has 1 unspecified atom stereocenters. The molecule has 114 valence electrons. The van der Waals surface area contributed by atoms with Crippen molar-refractivity contribution >= 4 is 11.4 Å². The third kappa shape index (κ3) is 2.37. The lowest BCUT2D eigenvalue weighted by Gasteiger charge is -2.26. The number of rotatable bonds is 2. The molecule has 22 heavy (non-hydrogen) atoms. The Morgan fingerprint density at radius 2 is 1.73 bits per heavy atom. The summed E-state index contributed by atoms with van der Waals surface area (Å²) in [5.74, 6) is 1.39. The summed E-state index contributed by atoms with van der Waals surface area (Å²) < 4.78 is 0. The highest BCUT2D eigenvalue weighted by atomic mass is 16.1. The molecule has 0 saturated heterocycles. The Kier molecular flexibility index (Phi) is 3.73. The van der Waals surface area contributed by atoms with Crippen molar-refractivity contribution in [1.29, 1.82) is 0 Å². The van der Waals surface area contributed by atoms with Gasteiger partial charge in [0.05, 0.1) is 0 Å². The van der Waals surface area contributed by atoms with Gasteiger partial charge in [-0.05, 0) is 49.2 Å². The number of allylic oxidation sites excluding steroid dienone is 4. The molecule has 1 nitrogen and oxygen atoms in total. The SMILES string of the molecule is O=C1C2=C(CCC=C2c2ccccc2)CC1C1CCCCC1. The first kappa shape index (κ1) is 14.0. The van der Waals surface area contributed by atoms with E-state index in [1.165, 1.54) is 48.8 Å². The van der Waals surface area contributed by atoms with Gasteiger partial charge in [-0.3, -0.25) is 4.79 Å². The van der Waals surface area contributed by atoms with Crippen molar-refractivity contribution < 1.29 is 4.79 Å². The van der Waals surface area contributed by atoms with Gasteiger partial charge in [-0.25, -0.2) is 0 Å². The molecule has 0 spiro atoms. The predicted octanol–water partition coefficient (Wildman–Crippen LogP) is 5.33. The molecule has 1 heteroatoms. The largest absolute Gasteiger partial charge is 0.294 e. The molecule has 3 aliphatic carbocycles. The Morgan fingerprint density at radius 3 is 2.50 bits per heavy atom. The van der Waals surface area contributed by atoms with Crippen molar-refractivity contribution in [3.8, 4) is 0 Å². The molecule has 1 aromatic rings. The molecule has 1 aromatic carbocycles. The fourth-order valence-corrected chi connectivity index (χ4v) is 4.66. The van der Waals surface area contributed by atoms with Crippen LogP contribution in [0.1, 0.15) is 56.9 Å². The van der Waals surface area contributed by atoms with Crippen molar-refractivity contribution in [2.45, 2.75) is 51.4 Å². The van der Waals surface area contributed by atoms with E-state index in [0.29, 0.717) is 11.7 Å². The molecule has 0 aliphatic heterocycles. The molecule has 0 N–H and O–H groups in total. The highest BCUT2D eigenvalue weighted by Crippen LogP contribution is 2.47. The minimum absolute atomic E-state index is 0.288. The number of benzene rings is 1. The molecular formula is C21H24O. The first-order valence-corrected chi connectivity index (χ1v) is 8.87. The van der Waals surface area contributed by atoms with E-state index in [-0.39, 0.29) is 5.92 Å². The Balaban J connectivity index is 1.63. The van der Waals surface area contributed by atoms with Crippen molar-refractivity contribution in [2.24, 2.45) is 11.8 Å². The number of hydrogen-bond donors (Lipinski definition) is 0. The summed E-state index contributed by atoms with van der Waals surface area (Å²) in [4.78, 5) is 13.1. The Morgan fingerprint density at radius 1 is 0.955 bits per heavy atom. The standard InChI is InChI=1S/C21H24O/c22-21-19(16-10-5-2-6-11-16)14-17-12-7-13-18(20(17)21)15-8-3-1-4-9-15/h1,3-4,8-9,13,16,19H,2,5-7,10-12,14H2. The lowest BCUT2D eigenvalue weighted by molar-refractivity contribution is -0.119. The van der Waals surface area contributed by atoms with Crippen LogP contribution in [0.25, 0.3) is 5.57 Å². The van der Waals surface area contributed by atoms with Crippen LogP contribution in [0, 0.1) is 11.8 Å². The molecule has 0 radical (unpaired) electrons. The summed E-state index contributed by atoms with van der Waals surface area (Å²) in [6.07, 6.45) is 12.1. The monoisotopic (exact) mass is 292 g/mol. The number of carbonyl (C=O) groups is 1. The van der Waals surface area contributed by atoms with Gasteiger partial charge in [-0.1, -0.05) is 61.2 Å². The summed E-state index contributed by atoms with van der Waals surface area (Å²) in [6, 6.07) is 10.5. The molecule has 1 fully saturated rings. The van der Waals surface area contributed by atoms with Crippen LogP contribution < -0.4 is 0 Å². The Labute approximate surface area is 133 Å². The number of Topliss-reactive ketones (excluding diaryl/α,β-unsaturated/α-hetero) is 1. The lowest BCUT2D eigenvalue weighted by Crippen LogP contribution is -2.23. The first-order valence-electron chi connectivity index (χ1n) is 8.87. The second-order valence-electron chi connectivity index (χ2n) is 7.07. The zero-order valence-corrected chi connectivity index (χ0v) is 13.2. The molecule has 1 atom stereocenters. The molecule has 0 bridgehead atoms. The molecule has 1 saturated carbocycles. The van der Waals surface area contributed by atoms with Gasteiger partial charge in [0, 0.05) is 11.5 Å². The van der Waals surface area contributed by atoms with Crippen molar-refractivity contribution in [3.63, 3.8) is 0 Å². The Hall–Kier alpha value is -1.63. The molecule has 0 heterocycles.